The lowest BCUT2D eigenvalue weighted by molar-refractivity contribution is 1.28. The van der Waals surface area contributed by atoms with Gasteiger partial charge < -0.3 is 4.98 Å². The summed E-state index contributed by atoms with van der Waals surface area (Å²) in [4.78, 5) is 14.7. The highest BCUT2D eigenvalue weighted by atomic mass is 32.1. The van der Waals surface area contributed by atoms with Gasteiger partial charge in [0.25, 0.3) is 5.56 Å². The summed E-state index contributed by atoms with van der Waals surface area (Å²) in [6.07, 6.45) is 0. The molecule has 0 aliphatic carbocycles. The predicted octanol–water partition coefficient (Wildman–Crippen LogP) is 3.26. The molecule has 0 radical (unpaired) electrons. The number of nitrogens with one attached hydrogen (secondary N) is 1. The molecule has 16 heavy (non-hydrogen) atoms. The van der Waals surface area contributed by atoms with Crippen LogP contribution in [0.5, 0.6) is 0 Å². The van der Waals surface area contributed by atoms with Gasteiger partial charge in [-0.2, -0.15) is 0 Å². The maximum absolute atomic E-state index is 11.8. The molecule has 2 aromatic heterocycles. The predicted molar refractivity (Wildman–Crippen MR) is 67.9 cm³/mol. The molecule has 3 aromatic rings. The molecule has 1 aromatic carbocycles. The zero-order valence-electron chi connectivity index (χ0n) is 8.44. The molecule has 0 fully saturated rings. The highest BCUT2D eigenvalue weighted by molar-refractivity contribution is 7.17. The van der Waals surface area contributed by atoms with Crippen molar-refractivity contribution in [2.24, 2.45) is 0 Å². The summed E-state index contributed by atoms with van der Waals surface area (Å²) < 4.78 is 1.03. The summed E-state index contributed by atoms with van der Waals surface area (Å²) >= 11 is 1.59. The molecule has 3 rings (SSSR count). The smallest absolute Gasteiger partial charge is 0.257 e. The molecule has 0 spiro atoms. The van der Waals surface area contributed by atoms with Gasteiger partial charge in [0.05, 0.1) is 5.39 Å². The van der Waals surface area contributed by atoms with E-state index in [0.29, 0.717) is 0 Å². The summed E-state index contributed by atoms with van der Waals surface area (Å²) in [6.45, 7) is 0. The molecule has 2 heterocycles. The van der Waals surface area contributed by atoms with Gasteiger partial charge in [0.1, 0.15) is 0 Å². The van der Waals surface area contributed by atoms with Gasteiger partial charge in [0, 0.05) is 10.4 Å². The Morgan fingerprint density at radius 1 is 1.06 bits per heavy atom. The zero-order chi connectivity index (χ0) is 11.0. The number of pyridine rings is 1. The van der Waals surface area contributed by atoms with Gasteiger partial charge in [0.2, 0.25) is 0 Å². The van der Waals surface area contributed by atoms with Crippen molar-refractivity contribution < 1.29 is 0 Å². The lowest BCUT2D eigenvalue weighted by Gasteiger charge is -2.00. The number of aromatic amines is 1. The third-order valence-corrected chi connectivity index (χ3v) is 3.41. The Kier molecular flexibility index (Phi) is 2.11. The highest BCUT2D eigenvalue weighted by Gasteiger charge is 2.04. The normalized spacial score (nSPS) is 10.8. The third-order valence-electron chi connectivity index (χ3n) is 2.55. The summed E-state index contributed by atoms with van der Waals surface area (Å²) in [5.41, 5.74) is 1.90. The Bertz CT molecular complexity index is 682. The van der Waals surface area contributed by atoms with Crippen LogP contribution in [-0.2, 0) is 0 Å². The SMILES string of the molecule is O=c1[nH]c(-c2ccccc2)cc2sccc12. The number of aromatic nitrogens is 1. The van der Waals surface area contributed by atoms with E-state index in [9.17, 15) is 4.79 Å². The molecule has 0 unspecified atom stereocenters. The van der Waals surface area contributed by atoms with E-state index in [1.54, 1.807) is 11.3 Å². The van der Waals surface area contributed by atoms with Crippen molar-refractivity contribution in [2.45, 2.75) is 0 Å². The van der Waals surface area contributed by atoms with Crippen LogP contribution in [0.3, 0.4) is 0 Å². The lowest BCUT2D eigenvalue weighted by Crippen LogP contribution is -2.05. The number of H-pyrrole nitrogens is 1. The summed E-state index contributed by atoms with van der Waals surface area (Å²) in [6, 6.07) is 13.8. The van der Waals surface area contributed by atoms with Crippen molar-refractivity contribution in [1.82, 2.24) is 4.98 Å². The van der Waals surface area contributed by atoms with Crippen molar-refractivity contribution in [3.05, 3.63) is 58.2 Å². The van der Waals surface area contributed by atoms with Crippen LogP contribution in [-0.4, -0.2) is 4.98 Å². The van der Waals surface area contributed by atoms with Crippen molar-refractivity contribution in [1.29, 1.82) is 0 Å². The number of hydrogen-bond acceptors (Lipinski definition) is 2. The van der Waals surface area contributed by atoms with E-state index in [-0.39, 0.29) is 5.56 Å². The minimum Gasteiger partial charge on any atom is -0.321 e. The summed E-state index contributed by atoms with van der Waals surface area (Å²) in [5, 5.41) is 2.71. The number of benzene rings is 1. The largest absolute Gasteiger partial charge is 0.321 e. The van der Waals surface area contributed by atoms with Crippen LogP contribution < -0.4 is 5.56 Å². The van der Waals surface area contributed by atoms with Gasteiger partial charge in [-0.1, -0.05) is 30.3 Å². The molecule has 0 saturated carbocycles. The van der Waals surface area contributed by atoms with Crippen LogP contribution in [0.2, 0.25) is 0 Å². The number of thiophene rings is 1. The second kappa shape index (κ2) is 3.61. The third kappa shape index (κ3) is 1.46. The average Bonchev–Trinajstić information content (AvgIpc) is 2.79. The fraction of sp³-hybridized carbons (Fsp3) is 0. The minimum absolute atomic E-state index is 0.0161. The van der Waals surface area contributed by atoms with E-state index in [2.05, 4.69) is 4.98 Å². The van der Waals surface area contributed by atoms with Gasteiger partial charge in [-0.3, -0.25) is 4.79 Å². The first kappa shape index (κ1) is 9.36. The Morgan fingerprint density at radius 3 is 2.69 bits per heavy atom. The fourth-order valence-electron chi connectivity index (χ4n) is 1.75. The zero-order valence-corrected chi connectivity index (χ0v) is 9.25. The molecule has 0 aliphatic heterocycles. The monoisotopic (exact) mass is 227 g/mol. The molecule has 2 nitrogen and oxygen atoms in total. The van der Waals surface area contributed by atoms with Gasteiger partial charge in [0.15, 0.2) is 0 Å². The van der Waals surface area contributed by atoms with Crippen LogP contribution in [0, 0.1) is 0 Å². The van der Waals surface area contributed by atoms with Crippen LogP contribution in [0.1, 0.15) is 0 Å². The highest BCUT2D eigenvalue weighted by Crippen LogP contribution is 2.22. The molecule has 0 amide bonds. The number of rotatable bonds is 1. The van der Waals surface area contributed by atoms with Crippen LogP contribution in [0.25, 0.3) is 21.3 Å². The van der Waals surface area contributed by atoms with Crippen molar-refractivity contribution >= 4 is 21.4 Å². The molecule has 0 atom stereocenters. The summed E-state index contributed by atoms with van der Waals surface area (Å²) in [7, 11) is 0. The molecule has 1 N–H and O–H groups in total. The van der Waals surface area contributed by atoms with Crippen molar-refractivity contribution in [3.8, 4) is 11.3 Å². The van der Waals surface area contributed by atoms with Crippen molar-refractivity contribution in [2.75, 3.05) is 0 Å². The lowest BCUT2D eigenvalue weighted by atomic mass is 10.1. The second-order valence-electron chi connectivity index (χ2n) is 3.58. The quantitative estimate of drug-likeness (QED) is 0.680. The first-order valence-electron chi connectivity index (χ1n) is 5.00. The van der Waals surface area contributed by atoms with Crippen LogP contribution >= 0.6 is 11.3 Å². The van der Waals surface area contributed by atoms with Gasteiger partial charge in [-0.25, -0.2) is 0 Å². The fourth-order valence-corrected chi connectivity index (χ4v) is 2.57. The first-order valence-corrected chi connectivity index (χ1v) is 5.88. The van der Waals surface area contributed by atoms with E-state index < -0.39 is 0 Å². The van der Waals surface area contributed by atoms with E-state index in [1.807, 2.05) is 47.8 Å². The molecule has 0 aliphatic rings. The van der Waals surface area contributed by atoms with E-state index in [0.717, 1.165) is 21.3 Å². The van der Waals surface area contributed by atoms with Gasteiger partial charge in [-0.15, -0.1) is 11.3 Å². The first-order chi connectivity index (χ1) is 7.84. The molecule has 78 valence electrons. The van der Waals surface area contributed by atoms with Crippen LogP contribution in [0.4, 0.5) is 0 Å². The molecule has 0 bridgehead atoms. The Labute approximate surface area is 96.2 Å². The van der Waals surface area contributed by atoms with Crippen molar-refractivity contribution in [3.63, 3.8) is 0 Å². The Hall–Kier alpha value is -1.87. The maximum atomic E-state index is 11.8. The Morgan fingerprint density at radius 2 is 1.88 bits per heavy atom. The van der Waals surface area contributed by atoms with E-state index in [4.69, 9.17) is 0 Å². The topological polar surface area (TPSA) is 32.9 Å². The van der Waals surface area contributed by atoms with E-state index in [1.165, 1.54) is 0 Å². The number of hydrogen-bond donors (Lipinski definition) is 1. The molecular weight excluding hydrogens is 218 g/mol. The maximum Gasteiger partial charge on any atom is 0.257 e. The summed E-state index contributed by atoms with van der Waals surface area (Å²) in [5.74, 6) is 0. The van der Waals surface area contributed by atoms with Crippen LogP contribution in [0.15, 0.2) is 52.6 Å². The van der Waals surface area contributed by atoms with Gasteiger partial charge in [-0.05, 0) is 23.1 Å². The number of fused-ring (bicyclic) bond motifs is 1. The molecule has 3 heteroatoms. The molecular formula is C13H9NOS. The Balaban J connectivity index is 2.30. The second-order valence-corrected chi connectivity index (χ2v) is 4.52. The van der Waals surface area contributed by atoms with E-state index >= 15 is 0 Å². The minimum atomic E-state index is -0.0161. The molecule has 0 saturated heterocycles. The van der Waals surface area contributed by atoms with Gasteiger partial charge >= 0.3 is 0 Å². The average molecular weight is 227 g/mol. The standard InChI is InChI=1S/C13H9NOS/c15-13-10-6-7-16-12(10)8-11(14-13)9-4-2-1-3-5-9/h1-8H,(H,14,15).